The predicted octanol–water partition coefficient (Wildman–Crippen LogP) is 2.86. The van der Waals surface area contributed by atoms with Gasteiger partial charge in [0.2, 0.25) is 5.79 Å². The van der Waals surface area contributed by atoms with Crippen LogP contribution in [0.4, 0.5) is 0 Å². The molecule has 0 heterocycles. The Morgan fingerprint density at radius 3 is 2.40 bits per heavy atom. The first-order valence-corrected chi connectivity index (χ1v) is 6.29. The molecule has 15 heavy (non-hydrogen) atoms. The minimum atomic E-state index is -1.17. The highest BCUT2D eigenvalue weighted by atomic mass is 79.9. The van der Waals surface area contributed by atoms with E-state index >= 15 is 0 Å². The van der Waals surface area contributed by atoms with E-state index in [1.54, 1.807) is 0 Å². The van der Waals surface area contributed by atoms with Gasteiger partial charge in [0.25, 0.3) is 0 Å². The molecule has 0 aromatic heterocycles. The van der Waals surface area contributed by atoms with E-state index in [1.807, 2.05) is 0 Å². The van der Waals surface area contributed by atoms with Gasteiger partial charge in [0.1, 0.15) is 0 Å². The van der Waals surface area contributed by atoms with E-state index in [2.05, 4.69) is 41.6 Å². The van der Waals surface area contributed by atoms with Crippen molar-refractivity contribution in [3.8, 4) is 0 Å². The summed E-state index contributed by atoms with van der Waals surface area (Å²) in [6.07, 6.45) is 2.48. The zero-order valence-electron chi connectivity index (χ0n) is 9.92. The molecule has 3 atom stereocenters. The summed E-state index contributed by atoms with van der Waals surface area (Å²) in [6.45, 7) is 6.71. The van der Waals surface area contributed by atoms with Crippen molar-refractivity contribution in [3.05, 3.63) is 0 Å². The van der Waals surface area contributed by atoms with Gasteiger partial charge in [-0.1, -0.05) is 36.7 Å². The highest BCUT2D eigenvalue weighted by molar-refractivity contribution is 9.09. The van der Waals surface area contributed by atoms with Crippen molar-refractivity contribution in [1.29, 1.82) is 0 Å². The maximum atomic E-state index is 10.1. The maximum Gasteiger partial charge on any atom is 0.211 e. The lowest BCUT2D eigenvalue weighted by molar-refractivity contribution is -0.412. The van der Waals surface area contributed by atoms with E-state index in [-0.39, 0.29) is 10.2 Å². The van der Waals surface area contributed by atoms with Crippen molar-refractivity contribution in [1.82, 2.24) is 0 Å². The van der Waals surface area contributed by atoms with Gasteiger partial charge in [-0.25, -0.2) is 9.78 Å². The minimum Gasteiger partial charge on any atom is -0.362 e. The molecule has 1 aliphatic carbocycles. The monoisotopic (exact) mass is 280 g/mol. The van der Waals surface area contributed by atoms with Crippen LogP contribution in [0.5, 0.6) is 0 Å². The minimum absolute atomic E-state index is 0.0667. The summed E-state index contributed by atoms with van der Waals surface area (Å²) in [7, 11) is 1.42. The van der Waals surface area contributed by atoms with Crippen molar-refractivity contribution in [3.63, 3.8) is 0 Å². The third kappa shape index (κ3) is 3.16. The largest absolute Gasteiger partial charge is 0.362 e. The summed E-state index contributed by atoms with van der Waals surface area (Å²) in [5.74, 6) is -0.571. The van der Waals surface area contributed by atoms with Crippen LogP contribution in [-0.2, 0) is 9.78 Å². The Bertz CT molecular complexity index is 214. The third-order valence-corrected chi connectivity index (χ3v) is 4.37. The summed E-state index contributed by atoms with van der Waals surface area (Å²) in [5.41, 5.74) is 0.278. The first-order chi connectivity index (χ1) is 6.79. The quantitative estimate of drug-likeness (QED) is 0.366. The van der Waals surface area contributed by atoms with Crippen LogP contribution in [0.3, 0.4) is 0 Å². The molecular weight excluding hydrogens is 260 g/mol. The molecule has 0 spiro atoms. The van der Waals surface area contributed by atoms with Crippen LogP contribution < -0.4 is 0 Å². The van der Waals surface area contributed by atoms with Gasteiger partial charge in [-0.05, 0) is 24.2 Å². The summed E-state index contributed by atoms with van der Waals surface area (Å²) in [6, 6.07) is 0. The van der Waals surface area contributed by atoms with Crippen LogP contribution in [0, 0.1) is 11.3 Å². The lowest BCUT2D eigenvalue weighted by Gasteiger charge is -2.42. The van der Waals surface area contributed by atoms with Crippen molar-refractivity contribution in [2.75, 3.05) is 7.11 Å². The van der Waals surface area contributed by atoms with Crippen LogP contribution >= 0.6 is 15.9 Å². The van der Waals surface area contributed by atoms with E-state index in [0.29, 0.717) is 12.3 Å². The van der Waals surface area contributed by atoms with Gasteiger partial charge >= 0.3 is 0 Å². The average molecular weight is 281 g/mol. The Balaban J connectivity index is 2.62. The number of aliphatic hydroxyl groups is 1. The number of halogens is 1. The standard InChI is InChI=1S/C11H21BrO3/c1-10(2,3)8-5-6-11(13,15-14-4)9(12)7-8/h8-9,13H,5-7H2,1-4H3/t8-,9-,11+/m0/s1. The number of hydrogen-bond acceptors (Lipinski definition) is 3. The maximum absolute atomic E-state index is 10.1. The molecule has 1 fully saturated rings. The molecule has 0 aromatic rings. The Hall–Kier alpha value is 0.360. The highest BCUT2D eigenvalue weighted by Crippen LogP contribution is 2.44. The van der Waals surface area contributed by atoms with Gasteiger partial charge in [-0.2, -0.15) is 0 Å². The van der Waals surface area contributed by atoms with Crippen LogP contribution in [-0.4, -0.2) is 22.8 Å². The molecule has 1 saturated carbocycles. The van der Waals surface area contributed by atoms with Gasteiger partial charge in [0.05, 0.1) is 11.9 Å². The van der Waals surface area contributed by atoms with Crippen LogP contribution in [0.1, 0.15) is 40.0 Å². The smallest absolute Gasteiger partial charge is 0.211 e. The third-order valence-electron chi connectivity index (χ3n) is 3.28. The van der Waals surface area contributed by atoms with Gasteiger partial charge < -0.3 is 5.11 Å². The first kappa shape index (κ1) is 13.4. The van der Waals surface area contributed by atoms with E-state index < -0.39 is 5.79 Å². The second-order valence-electron chi connectivity index (χ2n) is 5.40. The summed E-state index contributed by atoms with van der Waals surface area (Å²) in [5, 5.41) is 10.1. The van der Waals surface area contributed by atoms with Crippen molar-refractivity contribution in [2.45, 2.75) is 50.6 Å². The lowest BCUT2D eigenvalue weighted by Crippen LogP contribution is -2.47. The second-order valence-corrected chi connectivity index (χ2v) is 6.50. The Morgan fingerprint density at radius 1 is 1.40 bits per heavy atom. The summed E-state index contributed by atoms with van der Waals surface area (Å²) in [4.78, 5) is 9.48. The highest BCUT2D eigenvalue weighted by Gasteiger charge is 2.45. The summed E-state index contributed by atoms with van der Waals surface area (Å²) >= 11 is 3.49. The number of rotatable bonds is 2. The molecule has 3 nitrogen and oxygen atoms in total. The predicted molar refractivity (Wildman–Crippen MR) is 62.6 cm³/mol. The molecule has 0 unspecified atom stereocenters. The number of hydrogen-bond donors (Lipinski definition) is 1. The van der Waals surface area contributed by atoms with Gasteiger partial charge in [-0.15, -0.1) is 0 Å². The van der Waals surface area contributed by atoms with Gasteiger partial charge in [0, 0.05) is 6.42 Å². The molecule has 4 heteroatoms. The van der Waals surface area contributed by atoms with Crippen molar-refractivity contribution in [2.24, 2.45) is 11.3 Å². The van der Waals surface area contributed by atoms with Crippen molar-refractivity contribution < 1.29 is 14.9 Å². The Labute approximate surface area is 100 Å². The SMILES string of the molecule is COO[C@]1(O)CC[C@H](C(C)(C)C)C[C@@H]1Br. The van der Waals surface area contributed by atoms with Crippen LogP contribution in [0.25, 0.3) is 0 Å². The molecule has 1 rings (SSSR count). The van der Waals surface area contributed by atoms with Gasteiger partial charge in [-0.3, -0.25) is 0 Å². The van der Waals surface area contributed by atoms with Crippen LogP contribution in [0.2, 0.25) is 0 Å². The molecule has 0 radical (unpaired) electrons. The Kier molecular flexibility index (Phi) is 4.20. The van der Waals surface area contributed by atoms with E-state index in [1.165, 1.54) is 7.11 Å². The average Bonchev–Trinajstić information content (AvgIpc) is 2.08. The molecule has 0 bridgehead atoms. The first-order valence-electron chi connectivity index (χ1n) is 5.38. The van der Waals surface area contributed by atoms with E-state index in [9.17, 15) is 5.11 Å². The summed E-state index contributed by atoms with van der Waals surface area (Å²) < 4.78 is 0. The second kappa shape index (κ2) is 4.70. The fraction of sp³-hybridized carbons (Fsp3) is 1.00. The fourth-order valence-electron chi connectivity index (χ4n) is 2.11. The van der Waals surface area contributed by atoms with E-state index in [4.69, 9.17) is 4.89 Å². The van der Waals surface area contributed by atoms with Crippen molar-refractivity contribution >= 4 is 15.9 Å². The topological polar surface area (TPSA) is 38.7 Å². The molecular formula is C11H21BrO3. The van der Waals surface area contributed by atoms with E-state index in [0.717, 1.165) is 12.8 Å². The fourth-order valence-corrected chi connectivity index (χ4v) is 2.87. The Morgan fingerprint density at radius 2 is 2.00 bits per heavy atom. The zero-order valence-corrected chi connectivity index (χ0v) is 11.5. The molecule has 0 amide bonds. The zero-order chi connectivity index (χ0) is 11.7. The molecule has 0 aromatic carbocycles. The van der Waals surface area contributed by atoms with Gasteiger partial charge in [0.15, 0.2) is 0 Å². The lowest BCUT2D eigenvalue weighted by atomic mass is 9.71. The normalized spacial score (nSPS) is 38.0. The van der Waals surface area contributed by atoms with Crippen LogP contribution in [0.15, 0.2) is 0 Å². The molecule has 0 saturated heterocycles. The molecule has 1 N–H and O–H groups in total. The molecule has 0 aliphatic heterocycles. The molecule has 1 aliphatic rings. The number of alkyl halides is 1. The molecule has 90 valence electrons.